The maximum atomic E-state index is 10.3. The van der Waals surface area contributed by atoms with E-state index >= 15 is 0 Å². The van der Waals surface area contributed by atoms with Crippen molar-refractivity contribution < 1.29 is 19.8 Å². The van der Waals surface area contributed by atoms with E-state index in [1.807, 2.05) is 0 Å². The van der Waals surface area contributed by atoms with Gasteiger partial charge in [-0.3, -0.25) is 4.79 Å². The van der Waals surface area contributed by atoms with E-state index in [9.17, 15) is 9.59 Å². The molecule has 4 heteroatoms. The van der Waals surface area contributed by atoms with Crippen LogP contribution in [0.3, 0.4) is 0 Å². The highest BCUT2D eigenvalue weighted by molar-refractivity contribution is 5.87. The summed E-state index contributed by atoms with van der Waals surface area (Å²) in [6.07, 6.45) is 1.34. The van der Waals surface area contributed by atoms with Crippen LogP contribution in [0, 0.1) is 0 Å². The van der Waals surface area contributed by atoms with Crippen molar-refractivity contribution in [3.05, 3.63) is 11.6 Å². The van der Waals surface area contributed by atoms with Crippen molar-refractivity contribution in [3.63, 3.8) is 0 Å². The van der Waals surface area contributed by atoms with Crippen LogP contribution in [0.4, 0.5) is 0 Å². The van der Waals surface area contributed by atoms with E-state index in [1.54, 1.807) is 6.92 Å². The lowest BCUT2D eigenvalue weighted by atomic mass is 10.2. The van der Waals surface area contributed by atoms with E-state index in [0.29, 0.717) is 6.42 Å². The van der Waals surface area contributed by atoms with Gasteiger partial charge in [-0.05, 0) is 6.42 Å². The lowest BCUT2D eigenvalue weighted by Gasteiger charge is -1.94. The van der Waals surface area contributed by atoms with Gasteiger partial charge < -0.3 is 10.2 Å². The minimum atomic E-state index is -1.05. The maximum absolute atomic E-state index is 10.3. The number of carbonyl (C=O) groups is 2. The van der Waals surface area contributed by atoms with Gasteiger partial charge >= 0.3 is 11.9 Å². The Hall–Kier alpha value is -1.32. The summed E-state index contributed by atoms with van der Waals surface area (Å²) in [5.74, 6) is -2.06. The van der Waals surface area contributed by atoms with Crippen molar-refractivity contribution >= 4 is 11.9 Å². The molecule has 0 aromatic heterocycles. The van der Waals surface area contributed by atoms with Crippen molar-refractivity contribution in [1.82, 2.24) is 0 Å². The average Bonchev–Trinajstić information content (AvgIpc) is 1.87. The number of aliphatic carboxylic acids is 2. The van der Waals surface area contributed by atoms with Crippen LogP contribution in [0.5, 0.6) is 0 Å². The van der Waals surface area contributed by atoms with E-state index < -0.39 is 11.9 Å². The van der Waals surface area contributed by atoms with Gasteiger partial charge in [0.2, 0.25) is 0 Å². The molecule has 0 heterocycles. The minimum absolute atomic E-state index is 0.146. The molecule has 0 amide bonds. The highest BCUT2D eigenvalue weighted by Crippen LogP contribution is 2.01. The summed E-state index contributed by atoms with van der Waals surface area (Å²) >= 11 is 0. The fourth-order valence-electron chi connectivity index (χ4n) is 0.593. The van der Waals surface area contributed by atoms with Crippen LogP contribution >= 0.6 is 0 Å². The standard InChI is InChI=1S/C7H10O4/c1-2-5(7(10)11)3-4-6(8)9/h3H,2,4H2,1H3,(H,8,9)(H,10,11)/b5-3+. The van der Waals surface area contributed by atoms with Crippen LogP contribution in [0.1, 0.15) is 19.8 Å². The molecule has 0 aliphatic carbocycles. The Morgan fingerprint density at radius 2 is 1.91 bits per heavy atom. The summed E-state index contributed by atoms with van der Waals surface area (Å²) in [5.41, 5.74) is 0.146. The van der Waals surface area contributed by atoms with Crippen molar-refractivity contribution in [2.75, 3.05) is 0 Å². The highest BCUT2D eigenvalue weighted by atomic mass is 16.4. The van der Waals surface area contributed by atoms with E-state index in [2.05, 4.69) is 0 Å². The molecule has 0 saturated carbocycles. The fraction of sp³-hybridized carbons (Fsp3) is 0.429. The second kappa shape index (κ2) is 4.49. The molecule has 0 aliphatic heterocycles. The molecule has 62 valence electrons. The predicted molar refractivity (Wildman–Crippen MR) is 38.3 cm³/mol. The Morgan fingerprint density at radius 3 is 2.18 bits per heavy atom. The Labute approximate surface area is 64.2 Å². The minimum Gasteiger partial charge on any atom is -0.481 e. The first-order valence-electron chi connectivity index (χ1n) is 3.22. The normalized spacial score (nSPS) is 11.2. The van der Waals surface area contributed by atoms with Crippen molar-refractivity contribution in [1.29, 1.82) is 0 Å². The predicted octanol–water partition coefficient (Wildman–Crippen LogP) is 0.882. The Balaban J connectivity index is 4.13. The van der Waals surface area contributed by atoms with E-state index in [0.717, 1.165) is 0 Å². The third-order valence-corrected chi connectivity index (χ3v) is 1.18. The molecule has 4 nitrogen and oxygen atoms in total. The largest absolute Gasteiger partial charge is 0.481 e. The molecule has 2 N–H and O–H groups in total. The summed E-state index contributed by atoms with van der Waals surface area (Å²) in [7, 11) is 0. The molecule has 0 fully saturated rings. The zero-order chi connectivity index (χ0) is 8.85. The smallest absolute Gasteiger partial charge is 0.331 e. The zero-order valence-electron chi connectivity index (χ0n) is 6.20. The maximum Gasteiger partial charge on any atom is 0.331 e. The molecule has 0 radical (unpaired) electrons. The molecule has 0 aromatic carbocycles. The van der Waals surface area contributed by atoms with Gasteiger partial charge in [0.15, 0.2) is 0 Å². The number of carboxylic acids is 2. The molecule has 0 atom stereocenters. The molecule has 0 bridgehead atoms. The van der Waals surface area contributed by atoms with Crippen molar-refractivity contribution in [3.8, 4) is 0 Å². The highest BCUT2D eigenvalue weighted by Gasteiger charge is 2.03. The van der Waals surface area contributed by atoms with Crippen LogP contribution in [-0.2, 0) is 9.59 Å². The third-order valence-electron chi connectivity index (χ3n) is 1.18. The Kier molecular flexibility index (Phi) is 3.95. The van der Waals surface area contributed by atoms with Gasteiger partial charge in [0.25, 0.3) is 0 Å². The van der Waals surface area contributed by atoms with Crippen LogP contribution < -0.4 is 0 Å². The van der Waals surface area contributed by atoms with Gasteiger partial charge in [-0.15, -0.1) is 0 Å². The van der Waals surface area contributed by atoms with Gasteiger partial charge in [-0.2, -0.15) is 0 Å². The first-order valence-corrected chi connectivity index (χ1v) is 3.22. The summed E-state index contributed by atoms with van der Waals surface area (Å²) < 4.78 is 0. The Morgan fingerprint density at radius 1 is 1.36 bits per heavy atom. The Bertz CT molecular complexity index is 193. The first-order chi connectivity index (χ1) is 5.07. The molecule has 0 spiro atoms. The molecule has 0 saturated heterocycles. The zero-order valence-corrected chi connectivity index (χ0v) is 6.20. The van der Waals surface area contributed by atoms with Gasteiger partial charge in [0.1, 0.15) is 0 Å². The number of carboxylic acid groups (broad SMARTS) is 2. The first kappa shape index (κ1) is 9.68. The number of hydrogen-bond donors (Lipinski definition) is 2. The monoisotopic (exact) mass is 158 g/mol. The summed E-state index contributed by atoms with van der Waals surface area (Å²) in [4.78, 5) is 20.3. The van der Waals surface area contributed by atoms with E-state index in [-0.39, 0.29) is 12.0 Å². The fourth-order valence-corrected chi connectivity index (χ4v) is 0.593. The van der Waals surface area contributed by atoms with Crippen molar-refractivity contribution in [2.45, 2.75) is 19.8 Å². The molecule has 0 aliphatic rings. The van der Waals surface area contributed by atoms with Crippen molar-refractivity contribution in [2.24, 2.45) is 0 Å². The molecule has 0 aromatic rings. The van der Waals surface area contributed by atoms with E-state index in [4.69, 9.17) is 10.2 Å². The molecular formula is C7H10O4. The third kappa shape index (κ3) is 4.13. The topological polar surface area (TPSA) is 74.6 Å². The average molecular weight is 158 g/mol. The molecule has 0 unspecified atom stereocenters. The van der Waals surface area contributed by atoms with E-state index in [1.165, 1.54) is 6.08 Å². The second-order valence-electron chi connectivity index (χ2n) is 1.99. The van der Waals surface area contributed by atoms with Crippen LogP contribution in [0.15, 0.2) is 11.6 Å². The van der Waals surface area contributed by atoms with Gasteiger partial charge in [0.05, 0.1) is 6.42 Å². The lowest BCUT2D eigenvalue weighted by Crippen LogP contribution is -2.01. The van der Waals surface area contributed by atoms with Gasteiger partial charge in [-0.25, -0.2) is 4.79 Å². The lowest BCUT2D eigenvalue weighted by molar-refractivity contribution is -0.136. The quantitative estimate of drug-likeness (QED) is 0.595. The summed E-state index contributed by atoms with van der Waals surface area (Å²) in [6, 6.07) is 0. The molecule has 0 rings (SSSR count). The van der Waals surface area contributed by atoms with Gasteiger partial charge in [0, 0.05) is 5.57 Å². The number of hydrogen-bond acceptors (Lipinski definition) is 2. The number of rotatable bonds is 4. The van der Waals surface area contributed by atoms with Crippen LogP contribution in [-0.4, -0.2) is 22.2 Å². The second-order valence-corrected chi connectivity index (χ2v) is 1.99. The summed E-state index contributed by atoms with van der Waals surface area (Å²) in [6.45, 7) is 1.67. The van der Waals surface area contributed by atoms with Crippen LogP contribution in [0.2, 0.25) is 0 Å². The molecule has 11 heavy (non-hydrogen) atoms. The van der Waals surface area contributed by atoms with Crippen LogP contribution in [0.25, 0.3) is 0 Å². The van der Waals surface area contributed by atoms with Gasteiger partial charge in [-0.1, -0.05) is 13.0 Å². The SMILES string of the molecule is CC/C(=C\CC(=O)O)C(=O)O. The molecular weight excluding hydrogens is 148 g/mol. The summed E-state index contributed by atoms with van der Waals surface area (Å²) in [5, 5.41) is 16.6.